The molecule has 6 nitrogen and oxygen atoms in total. The summed E-state index contributed by atoms with van der Waals surface area (Å²) in [5.74, 6) is 2.01. The van der Waals surface area contributed by atoms with Crippen LogP contribution in [0.15, 0.2) is 48.5 Å². The van der Waals surface area contributed by atoms with E-state index >= 15 is 0 Å². The van der Waals surface area contributed by atoms with Gasteiger partial charge in [0.2, 0.25) is 5.91 Å². The number of rotatable bonds is 7. The van der Waals surface area contributed by atoms with E-state index in [0.717, 1.165) is 73.4 Å². The van der Waals surface area contributed by atoms with Crippen molar-refractivity contribution in [3.05, 3.63) is 76.6 Å². The van der Waals surface area contributed by atoms with Crippen molar-refractivity contribution in [3.8, 4) is 11.5 Å². The topological polar surface area (TPSA) is 76.2 Å². The number of aromatic nitrogens is 2. The van der Waals surface area contributed by atoms with Crippen molar-refractivity contribution in [1.29, 1.82) is 0 Å². The van der Waals surface area contributed by atoms with Gasteiger partial charge in [0.25, 0.3) is 0 Å². The molecule has 3 aromatic rings. The molecule has 1 saturated carbocycles. The highest BCUT2D eigenvalue weighted by Crippen LogP contribution is 2.37. The summed E-state index contributed by atoms with van der Waals surface area (Å²) in [6, 6.07) is 16.9. The number of benzene rings is 2. The molecule has 1 aromatic heterocycles. The smallest absolute Gasteiger partial charge is 0.220 e. The van der Waals surface area contributed by atoms with Crippen LogP contribution in [0.2, 0.25) is 0 Å². The van der Waals surface area contributed by atoms with E-state index in [0.29, 0.717) is 6.42 Å². The van der Waals surface area contributed by atoms with Gasteiger partial charge in [0.1, 0.15) is 17.6 Å². The van der Waals surface area contributed by atoms with Crippen LogP contribution in [-0.4, -0.2) is 28.3 Å². The monoisotopic (exact) mass is 473 g/mol. The van der Waals surface area contributed by atoms with Gasteiger partial charge in [0.05, 0.1) is 11.8 Å². The molecule has 0 saturated heterocycles. The summed E-state index contributed by atoms with van der Waals surface area (Å²) in [7, 11) is 0. The Morgan fingerprint density at radius 2 is 1.89 bits per heavy atom. The van der Waals surface area contributed by atoms with Crippen LogP contribution >= 0.6 is 0 Å². The number of carbonyl (C=O) groups excluding carboxylic acids is 1. The van der Waals surface area contributed by atoms with E-state index in [-0.39, 0.29) is 24.2 Å². The molecule has 2 aromatic carbocycles. The molecule has 184 valence electrons. The molecule has 5 rings (SSSR count). The zero-order chi connectivity index (χ0) is 24.2. The van der Waals surface area contributed by atoms with Crippen molar-refractivity contribution >= 4 is 5.91 Å². The molecule has 1 fully saturated rings. The van der Waals surface area contributed by atoms with Gasteiger partial charge >= 0.3 is 0 Å². The number of aromatic amines is 1. The van der Waals surface area contributed by atoms with Crippen LogP contribution in [0.5, 0.6) is 11.5 Å². The van der Waals surface area contributed by atoms with Crippen LogP contribution in [0.25, 0.3) is 0 Å². The van der Waals surface area contributed by atoms with E-state index in [1.807, 2.05) is 26.0 Å². The maximum absolute atomic E-state index is 12.5. The Morgan fingerprint density at radius 1 is 1.09 bits per heavy atom. The first kappa shape index (κ1) is 23.5. The minimum Gasteiger partial charge on any atom is -0.490 e. The maximum atomic E-state index is 12.5. The number of aryl methyl sites for hydroxylation is 3. The minimum absolute atomic E-state index is 0.119. The Morgan fingerprint density at radius 3 is 2.63 bits per heavy atom. The third-order valence-electron chi connectivity index (χ3n) is 7.37. The van der Waals surface area contributed by atoms with Gasteiger partial charge in [-0.05, 0) is 93.7 Å². The molecule has 1 unspecified atom stereocenters. The van der Waals surface area contributed by atoms with Gasteiger partial charge in [-0.1, -0.05) is 30.3 Å². The zero-order valence-corrected chi connectivity index (χ0v) is 20.7. The van der Waals surface area contributed by atoms with E-state index in [4.69, 9.17) is 9.47 Å². The molecule has 2 N–H and O–H groups in total. The van der Waals surface area contributed by atoms with E-state index in [2.05, 4.69) is 51.9 Å². The van der Waals surface area contributed by atoms with Crippen molar-refractivity contribution < 1.29 is 14.3 Å². The summed E-state index contributed by atoms with van der Waals surface area (Å²) in [6.45, 7) is 3.99. The predicted molar refractivity (Wildman–Crippen MR) is 136 cm³/mol. The number of carbonyl (C=O) groups is 1. The van der Waals surface area contributed by atoms with Crippen molar-refractivity contribution in [1.82, 2.24) is 15.5 Å². The highest BCUT2D eigenvalue weighted by atomic mass is 16.5. The zero-order valence-electron chi connectivity index (χ0n) is 20.7. The minimum atomic E-state index is 0.119. The number of nitrogens with one attached hydrogen (secondary N) is 2. The second kappa shape index (κ2) is 10.5. The number of hydrogen-bond donors (Lipinski definition) is 2. The van der Waals surface area contributed by atoms with Gasteiger partial charge < -0.3 is 14.8 Å². The van der Waals surface area contributed by atoms with Crippen LogP contribution in [0.3, 0.4) is 0 Å². The molecule has 0 spiro atoms. The summed E-state index contributed by atoms with van der Waals surface area (Å²) in [5, 5.41) is 10.4. The first-order valence-electron chi connectivity index (χ1n) is 12.9. The predicted octanol–water partition coefficient (Wildman–Crippen LogP) is 5.53. The quantitative estimate of drug-likeness (QED) is 0.473. The number of ether oxygens (including phenoxy) is 2. The summed E-state index contributed by atoms with van der Waals surface area (Å²) in [4.78, 5) is 12.5. The lowest BCUT2D eigenvalue weighted by Crippen LogP contribution is -2.39. The van der Waals surface area contributed by atoms with Gasteiger partial charge in [0, 0.05) is 18.2 Å². The van der Waals surface area contributed by atoms with Crippen LogP contribution in [0, 0.1) is 13.8 Å². The van der Waals surface area contributed by atoms with E-state index in [1.165, 1.54) is 11.1 Å². The van der Waals surface area contributed by atoms with Crippen molar-refractivity contribution in [2.45, 2.75) is 83.5 Å². The molecular formula is C29H35N3O3. The molecule has 6 heteroatoms. The van der Waals surface area contributed by atoms with Gasteiger partial charge in [-0.25, -0.2) is 0 Å². The molecule has 1 aliphatic carbocycles. The number of amides is 1. The van der Waals surface area contributed by atoms with E-state index in [9.17, 15) is 4.79 Å². The van der Waals surface area contributed by atoms with E-state index in [1.54, 1.807) is 0 Å². The first-order valence-corrected chi connectivity index (χ1v) is 12.9. The number of fused-ring (bicyclic) bond motifs is 1. The van der Waals surface area contributed by atoms with E-state index < -0.39 is 0 Å². The average Bonchev–Trinajstić information content (AvgIpc) is 3.21. The van der Waals surface area contributed by atoms with Crippen LogP contribution in [0.1, 0.15) is 72.7 Å². The lowest BCUT2D eigenvalue weighted by molar-refractivity contribution is -0.122. The van der Waals surface area contributed by atoms with Crippen LogP contribution in [-0.2, 0) is 17.6 Å². The average molecular weight is 474 g/mol. The number of nitrogens with zero attached hydrogens (tertiary/aromatic N) is 1. The molecule has 35 heavy (non-hydrogen) atoms. The lowest BCUT2D eigenvalue weighted by atomic mass is 9.92. The van der Waals surface area contributed by atoms with Crippen LogP contribution < -0.4 is 14.8 Å². The Kier molecular flexibility index (Phi) is 7.07. The summed E-state index contributed by atoms with van der Waals surface area (Å²) in [6.07, 6.45) is 7.32. The highest BCUT2D eigenvalue weighted by Gasteiger charge is 2.25. The fourth-order valence-corrected chi connectivity index (χ4v) is 5.34. The Bertz CT molecular complexity index is 1130. The van der Waals surface area contributed by atoms with Crippen LogP contribution in [0.4, 0.5) is 0 Å². The fraction of sp³-hybridized carbons (Fsp3) is 0.448. The Hall–Kier alpha value is -3.28. The lowest BCUT2D eigenvalue weighted by Gasteiger charge is -2.30. The second-order valence-electron chi connectivity index (χ2n) is 9.90. The highest BCUT2D eigenvalue weighted by molar-refractivity contribution is 5.76. The van der Waals surface area contributed by atoms with Gasteiger partial charge in [-0.15, -0.1) is 0 Å². The third-order valence-corrected chi connectivity index (χ3v) is 7.37. The summed E-state index contributed by atoms with van der Waals surface area (Å²) < 4.78 is 12.6. The van der Waals surface area contributed by atoms with Gasteiger partial charge in [-0.3, -0.25) is 9.89 Å². The standard InChI is InChI=1S/C29H35N3O3/c1-19-26(20(2)32-31-19)14-17-29(33)30-23-9-11-24(12-10-23)34-25-13-16-28-22(18-25)8-15-27(35-28)21-6-4-3-5-7-21/h3-7,13,16,18,23-24,27H,8-12,14-15,17H2,1-2H3,(H,30,33)(H,31,32). The molecule has 0 bridgehead atoms. The van der Waals surface area contributed by atoms with Crippen molar-refractivity contribution in [2.75, 3.05) is 0 Å². The Balaban J connectivity index is 1.07. The maximum Gasteiger partial charge on any atom is 0.220 e. The summed E-state index contributed by atoms with van der Waals surface area (Å²) >= 11 is 0. The van der Waals surface area contributed by atoms with Gasteiger partial charge in [-0.2, -0.15) is 5.10 Å². The SMILES string of the molecule is Cc1n[nH]c(C)c1CCC(=O)NC1CCC(Oc2ccc3c(c2)CCC(c2ccccc2)O3)CC1. The third kappa shape index (κ3) is 5.69. The molecule has 1 amide bonds. The molecule has 1 atom stereocenters. The molecule has 2 aliphatic rings. The molecule has 2 heterocycles. The van der Waals surface area contributed by atoms with Gasteiger partial charge in [0.15, 0.2) is 0 Å². The van der Waals surface area contributed by atoms with Crippen molar-refractivity contribution in [3.63, 3.8) is 0 Å². The van der Waals surface area contributed by atoms with Crippen molar-refractivity contribution in [2.24, 2.45) is 0 Å². The Labute approximate surface area is 207 Å². The largest absolute Gasteiger partial charge is 0.490 e. The molecular weight excluding hydrogens is 438 g/mol. The first-order chi connectivity index (χ1) is 17.0. The summed E-state index contributed by atoms with van der Waals surface area (Å²) in [5.41, 5.74) is 5.64. The molecule has 1 aliphatic heterocycles. The normalized spacial score (nSPS) is 21.6. The fourth-order valence-electron chi connectivity index (χ4n) is 5.34. The molecule has 0 radical (unpaired) electrons. The number of hydrogen-bond acceptors (Lipinski definition) is 4. The number of H-pyrrole nitrogens is 1. The second-order valence-corrected chi connectivity index (χ2v) is 9.90.